The Kier molecular flexibility index (Phi) is 4.09. The second-order valence-corrected chi connectivity index (χ2v) is 3.87. The molecule has 1 aromatic heterocycles. The summed E-state index contributed by atoms with van der Waals surface area (Å²) in [4.78, 5) is 8.39. The third-order valence-electron chi connectivity index (χ3n) is 2.38. The lowest BCUT2D eigenvalue weighted by molar-refractivity contribution is 0.178. The molecule has 5 nitrogen and oxygen atoms in total. The van der Waals surface area contributed by atoms with Gasteiger partial charge in [-0.1, -0.05) is 30.3 Å². The highest BCUT2D eigenvalue weighted by Gasteiger charge is 2.02. The van der Waals surface area contributed by atoms with E-state index in [-0.39, 0.29) is 0 Å². The molecule has 0 radical (unpaired) electrons. The number of hydrogen-bond donors (Lipinski definition) is 2. The van der Waals surface area contributed by atoms with Crippen molar-refractivity contribution in [3.63, 3.8) is 0 Å². The van der Waals surface area contributed by atoms with Crippen molar-refractivity contribution in [3.05, 3.63) is 47.8 Å². The molecule has 1 aromatic carbocycles. The van der Waals surface area contributed by atoms with Gasteiger partial charge in [0.2, 0.25) is 0 Å². The quantitative estimate of drug-likeness (QED) is 0.839. The Morgan fingerprint density at radius 2 is 2.00 bits per heavy atom. The lowest BCUT2D eigenvalue weighted by Gasteiger charge is -2.08. The SMILES string of the molecule is COCc1nc(N)cc(NCc2ccccc2)n1. The zero-order valence-electron chi connectivity index (χ0n) is 10.3. The molecule has 0 unspecified atom stereocenters. The number of rotatable bonds is 5. The van der Waals surface area contributed by atoms with Crippen LogP contribution in [-0.2, 0) is 17.9 Å². The molecule has 3 N–H and O–H groups in total. The van der Waals surface area contributed by atoms with Gasteiger partial charge in [-0.25, -0.2) is 9.97 Å². The molecule has 2 rings (SSSR count). The number of nitrogens with zero attached hydrogens (tertiary/aromatic N) is 2. The Hall–Kier alpha value is -2.14. The first kappa shape index (κ1) is 12.3. The van der Waals surface area contributed by atoms with E-state index < -0.39 is 0 Å². The normalized spacial score (nSPS) is 10.3. The molecule has 0 amide bonds. The first-order valence-corrected chi connectivity index (χ1v) is 5.68. The lowest BCUT2D eigenvalue weighted by Crippen LogP contribution is -2.07. The second kappa shape index (κ2) is 5.97. The van der Waals surface area contributed by atoms with Crippen LogP contribution in [0.1, 0.15) is 11.4 Å². The molecule has 0 aliphatic rings. The Labute approximate surface area is 106 Å². The molecule has 0 aliphatic heterocycles. The molecule has 0 spiro atoms. The van der Waals surface area contributed by atoms with Crippen molar-refractivity contribution >= 4 is 11.6 Å². The smallest absolute Gasteiger partial charge is 0.158 e. The number of ether oxygens (including phenoxy) is 1. The molecule has 0 aliphatic carbocycles. The predicted octanol–water partition coefficient (Wildman–Crippen LogP) is 1.82. The Balaban J connectivity index is 2.05. The number of anilines is 2. The van der Waals surface area contributed by atoms with Gasteiger partial charge >= 0.3 is 0 Å². The predicted molar refractivity (Wildman–Crippen MR) is 70.9 cm³/mol. The standard InChI is InChI=1S/C13H16N4O/c1-18-9-13-16-11(14)7-12(17-13)15-8-10-5-3-2-4-6-10/h2-7H,8-9H2,1H3,(H3,14,15,16,17). The molecule has 0 fully saturated rings. The highest BCUT2D eigenvalue weighted by Crippen LogP contribution is 2.10. The zero-order chi connectivity index (χ0) is 12.8. The van der Waals surface area contributed by atoms with Crippen LogP contribution in [0.4, 0.5) is 11.6 Å². The molecular weight excluding hydrogens is 228 g/mol. The van der Waals surface area contributed by atoms with Gasteiger partial charge in [0.05, 0.1) is 0 Å². The number of aromatic nitrogens is 2. The molecule has 94 valence electrons. The minimum atomic E-state index is 0.352. The second-order valence-electron chi connectivity index (χ2n) is 3.87. The molecule has 18 heavy (non-hydrogen) atoms. The van der Waals surface area contributed by atoms with E-state index in [0.717, 1.165) is 0 Å². The number of benzene rings is 1. The van der Waals surface area contributed by atoms with Crippen LogP contribution >= 0.6 is 0 Å². The molecular formula is C13H16N4O. The summed E-state index contributed by atoms with van der Waals surface area (Å²) < 4.78 is 4.99. The van der Waals surface area contributed by atoms with Crippen LogP contribution in [0.2, 0.25) is 0 Å². The lowest BCUT2D eigenvalue weighted by atomic mass is 10.2. The van der Waals surface area contributed by atoms with Crippen molar-refractivity contribution < 1.29 is 4.74 Å². The fraction of sp³-hybridized carbons (Fsp3) is 0.231. The third-order valence-corrected chi connectivity index (χ3v) is 2.38. The molecule has 2 aromatic rings. The highest BCUT2D eigenvalue weighted by molar-refractivity contribution is 5.45. The average Bonchev–Trinajstić information content (AvgIpc) is 2.37. The van der Waals surface area contributed by atoms with Crippen molar-refractivity contribution in [2.75, 3.05) is 18.2 Å². The molecule has 0 bridgehead atoms. The monoisotopic (exact) mass is 244 g/mol. The van der Waals surface area contributed by atoms with E-state index in [4.69, 9.17) is 10.5 Å². The number of nitrogens with one attached hydrogen (secondary N) is 1. The highest BCUT2D eigenvalue weighted by atomic mass is 16.5. The Bertz CT molecular complexity index is 502. The summed E-state index contributed by atoms with van der Waals surface area (Å²) >= 11 is 0. The van der Waals surface area contributed by atoms with Crippen molar-refractivity contribution in [3.8, 4) is 0 Å². The summed E-state index contributed by atoms with van der Waals surface area (Å²) in [5.41, 5.74) is 6.90. The molecule has 1 heterocycles. The van der Waals surface area contributed by atoms with Gasteiger partial charge in [0.1, 0.15) is 18.2 Å². The number of nitrogen functional groups attached to an aromatic ring is 1. The van der Waals surface area contributed by atoms with Crippen molar-refractivity contribution in [2.45, 2.75) is 13.2 Å². The minimum Gasteiger partial charge on any atom is -0.384 e. The Morgan fingerprint density at radius 1 is 1.22 bits per heavy atom. The molecule has 0 saturated heterocycles. The topological polar surface area (TPSA) is 73.1 Å². The van der Waals surface area contributed by atoms with Crippen LogP contribution < -0.4 is 11.1 Å². The van der Waals surface area contributed by atoms with E-state index in [1.165, 1.54) is 5.56 Å². The first-order chi connectivity index (χ1) is 8.78. The maximum absolute atomic E-state index is 5.71. The fourth-order valence-corrected chi connectivity index (χ4v) is 1.59. The van der Waals surface area contributed by atoms with Crippen LogP contribution in [-0.4, -0.2) is 17.1 Å². The van der Waals surface area contributed by atoms with E-state index in [2.05, 4.69) is 15.3 Å². The Morgan fingerprint density at radius 3 is 2.72 bits per heavy atom. The van der Waals surface area contributed by atoms with Crippen molar-refractivity contribution in [1.29, 1.82) is 0 Å². The summed E-state index contributed by atoms with van der Waals surface area (Å²) in [7, 11) is 1.60. The van der Waals surface area contributed by atoms with Gasteiger partial charge in [-0.05, 0) is 5.56 Å². The summed E-state index contributed by atoms with van der Waals surface area (Å²) in [5.74, 6) is 1.72. The molecule has 0 atom stereocenters. The summed E-state index contributed by atoms with van der Waals surface area (Å²) in [6.45, 7) is 1.05. The van der Waals surface area contributed by atoms with E-state index >= 15 is 0 Å². The van der Waals surface area contributed by atoms with Gasteiger partial charge in [0.25, 0.3) is 0 Å². The van der Waals surface area contributed by atoms with Crippen molar-refractivity contribution in [1.82, 2.24) is 9.97 Å². The van der Waals surface area contributed by atoms with Gasteiger partial charge in [0, 0.05) is 19.7 Å². The van der Waals surface area contributed by atoms with Crippen LogP contribution in [0.3, 0.4) is 0 Å². The summed E-state index contributed by atoms with van der Waals surface area (Å²) in [6.07, 6.45) is 0. The van der Waals surface area contributed by atoms with Crippen LogP contribution in [0, 0.1) is 0 Å². The third kappa shape index (κ3) is 3.43. The molecule has 0 saturated carbocycles. The maximum atomic E-state index is 5.71. The number of methoxy groups -OCH3 is 1. The van der Waals surface area contributed by atoms with Gasteiger partial charge in [0.15, 0.2) is 5.82 Å². The van der Waals surface area contributed by atoms with Crippen LogP contribution in [0.5, 0.6) is 0 Å². The number of hydrogen-bond acceptors (Lipinski definition) is 5. The average molecular weight is 244 g/mol. The van der Waals surface area contributed by atoms with Crippen molar-refractivity contribution in [2.24, 2.45) is 0 Å². The van der Waals surface area contributed by atoms with Gasteiger partial charge in [-0.15, -0.1) is 0 Å². The van der Waals surface area contributed by atoms with E-state index in [1.54, 1.807) is 13.2 Å². The largest absolute Gasteiger partial charge is 0.384 e. The van der Waals surface area contributed by atoms with E-state index in [0.29, 0.717) is 30.6 Å². The summed E-state index contributed by atoms with van der Waals surface area (Å²) in [5, 5.41) is 3.21. The van der Waals surface area contributed by atoms with Crippen LogP contribution in [0.25, 0.3) is 0 Å². The maximum Gasteiger partial charge on any atom is 0.158 e. The zero-order valence-corrected chi connectivity index (χ0v) is 10.3. The van der Waals surface area contributed by atoms with Gasteiger partial charge in [-0.3, -0.25) is 0 Å². The first-order valence-electron chi connectivity index (χ1n) is 5.68. The van der Waals surface area contributed by atoms with E-state index in [1.807, 2.05) is 30.3 Å². The molecule has 5 heteroatoms. The summed E-state index contributed by atoms with van der Waals surface area (Å²) in [6, 6.07) is 11.8. The minimum absolute atomic E-state index is 0.352. The fourth-order valence-electron chi connectivity index (χ4n) is 1.59. The van der Waals surface area contributed by atoms with Crippen LogP contribution in [0.15, 0.2) is 36.4 Å². The van der Waals surface area contributed by atoms with E-state index in [9.17, 15) is 0 Å². The van der Waals surface area contributed by atoms with Gasteiger partial charge in [-0.2, -0.15) is 0 Å². The van der Waals surface area contributed by atoms with Gasteiger partial charge < -0.3 is 15.8 Å². The number of nitrogens with two attached hydrogens (primary N) is 1.